The predicted molar refractivity (Wildman–Crippen MR) is 111 cm³/mol. The first-order valence-electron chi connectivity index (χ1n) is 10.6. The van der Waals surface area contributed by atoms with E-state index in [1.165, 1.54) is 6.07 Å². The Balaban J connectivity index is 1.54. The van der Waals surface area contributed by atoms with Crippen LogP contribution in [0.2, 0.25) is 0 Å². The summed E-state index contributed by atoms with van der Waals surface area (Å²) in [5.41, 5.74) is -1.08. The van der Waals surface area contributed by atoms with E-state index >= 15 is 0 Å². The molecule has 2 atom stereocenters. The lowest BCUT2D eigenvalue weighted by atomic mass is 10.1. The fraction of sp³-hybridized carbons (Fsp3) is 0.545. The molecule has 2 saturated heterocycles. The fourth-order valence-electron chi connectivity index (χ4n) is 4.01. The number of rotatable bonds is 8. The van der Waals surface area contributed by atoms with Crippen LogP contribution in [0.5, 0.6) is 0 Å². The number of halogens is 3. The van der Waals surface area contributed by atoms with Crippen LogP contribution in [-0.2, 0) is 20.4 Å². The maximum absolute atomic E-state index is 12.8. The minimum absolute atomic E-state index is 0.161. The highest BCUT2D eigenvalue weighted by molar-refractivity contribution is 5.96. The molecule has 32 heavy (non-hydrogen) atoms. The number of hydrogen-bond acceptors (Lipinski definition) is 5. The van der Waals surface area contributed by atoms with Crippen LogP contribution in [0.4, 0.5) is 13.2 Å². The number of nitrogens with one attached hydrogen (secondary N) is 2. The highest BCUT2D eigenvalue weighted by atomic mass is 19.4. The summed E-state index contributed by atoms with van der Waals surface area (Å²) >= 11 is 0. The second-order valence-electron chi connectivity index (χ2n) is 7.89. The molecule has 2 fully saturated rings. The number of ether oxygens (including phenoxy) is 2. The van der Waals surface area contributed by atoms with Crippen molar-refractivity contribution in [3.05, 3.63) is 48.0 Å². The third-order valence-corrected chi connectivity index (χ3v) is 5.64. The number of benzene rings is 1. The van der Waals surface area contributed by atoms with Gasteiger partial charge in [-0.1, -0.05) is 12.1 Å². The summed E-state index contributed by atoms with van der Waals surface area (Å²) < 4.78 is 49.8. The summed E-state index contributed by atoms with van der Waals surface area (Å²) in [5.74, 6) is -1.18. The van der Waals surface area contributed by atoms with E-state index in [2.05, 4.69) is 22.1 Å². The topological polar surface area (TPSA) is 79.9 Å². The Kier molecular flexibility index (Phi) is 8.27. The molecule has 0 saturated carbocycles. The van der Waals surface area contributed by atoms with Gasteiger partial charge in [0.2, 0.25) is 5.91 Å². The van der Waals surface area contributed by atoms with Crippen molar-refractivity contribution in [1.29, 1.82) is 0 Å². The van der Waals surface area contributed by atoms with Crippen LogP contribution < -0.4 is 10.6 Å². The van der Waals surface area contributed by atoms with Crippen molar-refractivity contribution in [3.63, 3.8) is 0 Å². The summed E-state index contributed by atoms with van der Waals surface area (Å²) in [4.78, 5) is 26.9. The van der Waals surface area contributed by atoms with Gasteiger partial charge in [0, 0.05) is 37.9 Å². The second kappa shape index (κ2) is 10.9. The van der Waals surface area contributed by atoms with Crippen LogP contribution in [0.3, 0.4) is 0 Å². The van der Waals surface area contributed by atoms with Crippen molar-refractivity contribution in [3.8, 4) is 0 Å². The van der Waals surface area contributed by atoms with Gasteiger partial charge >= 0.3 is 6.18 Å². The van der Waals surface area contributed by atoms with Gasteiger partial charge in [0.1, 0.15) is 0 Å². The number of likely N-dealkylation sites (tertiary alicyclic amines) is 1. The van der Waals surface area contributed by atoms with E-state index in [9.17, 15) is 22.8 Å². The molecule has 3 rings (SSSR count). The van der Waals surface area contributed by atoms with E-state index in [-0.39, 0.29) is 24.3 Å². The monoisotopic (exact) mass is 455 g/mol. The minimum Gasteiger partial charge on any atom is -0.381 e. The van der Waals surface area contributed by atoms with E-state index in [1.807, 2.05) is 0 Å². The van der Waals surface area contributed by atoms with Crippen LogP contribution >= 0.6 is 0 Å². The first kappa shape index (κ1) is 24.2. The molecule has 1 aromatic carbocycles. The quantitative estimate of drug-likeness (QED) is 0.586. The van der Waals surface area contributed by atoms with E-state index in [0.29, 0.717) is 39.0 Å². The van der Waals surface area contributed by atoms with Gasteiger partial charge in [-0.3, -0.25) is 14.5 Å². The van der Waals surface area contributed by atoms with Gasteiger partial charge in [0.05, 0.1) is 30.9 Å². The summed E-state index contributed by atoms with van der Waals surface area (Å²) in [6, 6.07) is 4.16. The summed E-state index contributed by atoms with van der Waals surface area (Å²) in [7, 11) is 0. The zero-order chi connectivity index (χ0) is 23.1. The zero-order valence-electron chi connectivity index (χ0n) is 17.7. The normalized spacial score (nSPS) is 22.5. The molecule has 2 unspecified atom stereocenters. The third kappa shape index (κ3) is 6.54. The number of alkyl halides is 3. The SMILES string of the molecule is C=CCOC1CN(C2CCOCC2)CC1NC(=O)CNC(=O)c1cccc(C(F)(F)F)c1. The van der Waals surface area contributed by atoms with Crippen LogP contribution in [0, 0.1) is 0 Å². The lowest BCUT2D eigenvalue weighted by Crippen LogP contribution is -2.48. The Labute approximate surface area is 184 Å². The average molecular weight is 455 g/mol. The van der Waals surface area contributed by atoms with Crippen molar-refractivity contribution in [1.82, 2.24) is 15.5 Å². The van der Waals surface area contributed by atoms with Crippen molar-refractivity contribution < 1.29 is 32.2 Å². The van der Waals surface area contributed by atoms with Crippen LogP contribution in [0.25, 0.3) is 0 Å². The number of carbonyl (C=O) groups excluding carboxylic acids is 2. The van der Waals surface area contributed by atoms with E-state index in [4.69, 9.17) is 9.47 Å². The number of carbonyl (C=O) groups is 2. The molecule has 176 valence electrons. The number of nitrogens with zero attached hydrogens (tertiary/aromatic N) is 1. The first-order chi connectivity index (χ1) is 15.3. The summed E-state index contributed by atoms with van der Waals surface area (Å²) in [6.07, 6.45) is -1.29. The van der Waals surface area contributed by atoms with Crippen LogP contribution in [0.1, 0.15) is 28.8 Å². The van der Waals surface area contributed by atoms with Crippen molar-refractivity contribution in [2.45, 2.75) is 37.2 Å². The Morgan fingerprint density at radius 1 is 1.25 bits per heavy atom. The molecular formula is C22H28F3N3O4. The van der Waals surface area contributed by atoms with Gasteiger partial charge in [-0.15, -0.1) is 6.58 Å². The minimum atomic E-state index is -4.55. The molecule has 10 heteroatoms. The average Bonchev–Trinajstić information content (AvgIpc) is 3.18. The summed E-state index contributed by atoms with van der Waals surface area (Å²) in [5, 5.41) is 5.26. The van der Waals surface area contributed by atoms with Gasteiger partial charge in [0.15, 0.2) is 0 Å². The number of hydrogen-bond donors (Lipinski definition) is 2. The molecule has 0 bridgehead atoms. The van der Waals surface area contributed by atoms with Gasteiger partial charge in [-0.25, -0.2) is 0 Å². The van der Waals surface area contributed by atoms with Crippen LogP contribution in [0.15, 0.2) is 36.9 Å². The van der Waals surface area contributed by atoms with Crippen molar-refractivity contribution in [2.75, 3.05) is 39.5 Å². The zero-order valence-corrected chi connectivity index (χ0v) is 17.7. The van der Waals surface area contributed by atoms with Gasteiger partial charge in [0.25, 0.3) is 5.91 Å². The molecule has 1 aromatic rings. The van der Waals surface area contributed by atoms with Gasteiger partial charge in [-0.05, 0) is 31.0 Å². The van der Waals surface area contributed by atoms with Gasteiger partial charge < -0.3 is 20.1 Å². The Morgan fingerprint density at radius 2 is 2.00 bits per heavy atom. The molecule has 2 aliphatic heterocycles. The molecule has 0 spiro atoms. The molecule has 2 N–H and O–H groups in total. The molecule has 0 radical (unpaired) electrons. The number of amides is 2. The predicted octanol–water partition coefficient (Wildman–Crippen LogP) is 1.99. The molecule has 2 heterocycles. The van der Waals surface area contributed by atoms with E-state index in [0.717, 1.165) is 31.0 Å². The third-order valence-electron chi connectivity index (χ3n) is 5.64. The first-order valence-corrected chi connectivity index (χ1v) is 10.6. The van der Waals surface area contributed by atoms with Crippen LogP contribution in [-0.4, -0.2) is 74.4 Å². The largest absolute Gasteiger partial charge is 0.416 e. The molecule has 7 nitrogen and oxygen atoms in total. The Bertz CT molecular complexity index is 812. The van der Waals surface area contributed by atoms with Gasteiger partial charge in [-0.2, -0.15) is 13.2 Å². The molecule has 0 aliphatic carbocycles. The lowest BCUT2D eigenvalue weighted by Gasteiger charge is -2.30. The molecule has 0 aromatic heterocycles. The lowest BCUT2D eigenvalue weighted by molar-refractivity contribution is -0.137. The maximum Gasteiger partial charge on any atom is 0.416 e. The highest BCUT2D eigenvalue weighted by Crippen LogP contribution is 2.29. The standard InChI is InChI=1S/C22H28F3N3O4/c1-2-8-32-19-14-28(17-6-9-31-10-7-17)13-18(19)27-20(29)12-26-21(30)15-4-3-5-16(11-15)22(23,24)25/h2-5,11,17-19H,1,6-10,12-14H2,(H,26,30)(H,27,29). The Morgan fingerprint density at radius 3 is 2.69 bits per heavy atom. The molecule has 2 amide bonds. The van der Waals surface area contributed by atoms with Crippen molar-refractivity contribution in [2.24, 2.45) is 0 Å². The second-order valence-corrected chi connectivity index (χ2v) is 7.89. The van der Waals surface area contributed by atoms with E-state index < -0.39 is 23.6 Å². The van der Waals surface area contributed by atoms with E-state index in [1.54, 1.807) is 6.08 Å². The highest BCUT2D eigenvalue weighted by Gasteiger charge is 2.38. The van der Waals surface area contributed by atoms with Crippen molar-refractivity contribution >= 4 is 11.8 Å². The molecular weight excluding hydrogens is 427 g/mol. The fourth-order valence-corrected chi connectivity index (χ4v) is 4.01. The maximum atomic E-state index is 12.8. The Hall–Kier alpha value is -2.43. The summed E-state index contributed by atoms with van der Waals surface area (Å²) in [6.45, 7) is 6.35. The smallest absolute Gasteiger partial charge is 0.381 e. The molecule has 2 aliphatic rings.